The Morgan fingerprint density at radius 1 is 0.806 bits per heavy atom. The molecular formula is C24H27N3O3S. The summed E-state index contributed by atoms with van der Waals surface area (Å²) in [5, 5.41) is 2.79. The number of carbonyl (C=O) groups is 1. The predicted molar refractivity (Wildman–Crippen MR) is 123 cm³/mol. The summed E-state index contributed by atoms with van der Waals surface area (Å²) in [5.74, 6) is 0. The van der Waals surface area contributed by atoms with Crippen LogP contribution < -0.4 is 10.0 Å². The highest BCUT2D eigenvalue weighted by Gasteiger charge is 2.23. The van der Waals surface area contributed by atoms with Gasteiger partial charge in [0.1, 0.15) is 0 Å². The molecule has 0 bridgehead atoms. The molecule has 0 unspecified atom stereocenters. The van der Waals surface area contributed by atoms with Crippen LogP contribution in [-0.2, 0) is 10.0 Å². The second kappa shape index (κ2) is 10.2. The highest BCUT2D eigenvalue weighted by atomic mass is 32.2. The average Bonchev–Trinajstić information content (AvgIpc) is 2.80. The molecule has 0 spiro atoms. The first kappa shape index (κ1) is 22.5. The Bertz CT molecular complexity index is 1040. The molecule has 7 heteroatoms. The van der Waals surface area contributed by atoms with Crippen LogP contribution in [0, 0.1) is 0 Å². The normalized spacial score (nSPS) is 11.3. The van der Waals surface area contributed by atoms with E-state index in [-0.39, 0.29) is 10.9 Å². The summed E-state index contributed by atoms with van der Waals surface area (Å²) in [4.78, 5) is 14.0. The lowest BCUT2D eigenvalue weighted by molar-refractivity contribution is 0.217. The zero-order valence-electron chi connectivity index (χ0n) is 17.7. The van der Waals surface area contributed by atoms with Crippen LogP contribution >= 0.6 is 0 Å². The number of urea groups is 1. The largest absolute Gasteiger partial charge is 0.325 e. The van der Waals surface area contributed by atoms with Gasteiger partial charge in [0.2, 0.25) is 10.0 Å². The number of rotatable bonds is 8. The Kier molecular flexibility index (Phi) is 7.44. The zero-order chi connectivity index (χ0) is 22.3. The number of hydrogen-bond acceptors (Lipinski definition) is 3. The number of nitrogens with one attached hydrogen (secondary N) is 2. The number of benzene rings is 3. The van der Waals surface area contributed by atoms with Gasteiger partial charge in [-0.2, -0.15) is 4.72 Å². The molecule has 3 rings (SSSR count). The van der Waals surface area contributed by atoms with Gasteiger partial charge in [0.25, 0.3) is 0 Å². The van der Waals surface area contributed by atoms with Crippen LogP contribution in [0.5, 0.6) is 0 Å². The minimum Gasteiger partial charge on any atom is -0.325 e. The maximum absolute atomic E-state index is 13.1. The van der Waals surface area contributed by atoms with Gasteiger partial charge in [-0.15, -0.1) is 0 Å². The van der Waals surface area contributed by atoms with Crippen molar-refractivity contribution in [2.45, 2.75) is 24.8 Å². The van der Waals surface area contributed by atoms with Crippen LogP contribution in [-0.4, -0.2) is 32.4 Å². The van der Waals surface area contributed by atoms with E-state index in [1.54, 1.807) is 17.0 Å². The molecule has 0 saturated heterocycles. The molecule has 162 valence electrons. The summed E-state index contributed by atoms with van der Waals surface area (Å²) in [6, 6.07) is 24.3. The van der Waals surface area contributed by atoms with E-state index >= 15 is 0 Å². The molecule has 0 aliphatic heterocycles. The van der Waals surface area contributed by atoms with Gasteiger partial charge in [0, 0.05) is 18.8 Å². The molecule has 6 nitrogen and oxygen atoms in total. The van der Waals surface area contributed by atoms with Crippen LogP contribution in [0.3, 0.4) is 0 Å². The van der Waals surface area contributed by atoms with Gasteiger partial charge < -0.3 is 10.2 Å². The standard InChI is InChI=1S/C24H27N3O3S/c1-3-27(4-2)24(28)25-21-15-17-22(18-16-21)31(29,30)26-23(19-11-7-5-8-12-19)20-13-9-6-10-14-20/h5-18,23,26H,3-4H2,1-2H3,(H,25,28). The molecule has 0 fully saturated rings. The minimum atomic E-state index is -3.80. The summed E-state index contributed by atoms with van der Waals surface area (Å²) in [6.45, 7) is 5.00. The van der Waals surface area contributed by atoms with E-state index in [1.165, 1.54) is 12.1 Å². The fourth-order valence-corrected chi connectivity index (χ4v) is 4.49. The lowest BCUT2D eigenvalue weighted by Gasteiger charge is -2.20. The van der Waals surface area contributed by atoms with Gasteiger partial charge in [-0.05, 0) is 49.2 Å². The third-order valence-electron chi connectivity index (χ3n) is 5.01. The first-order valence-corrected chi connectivity index (χ1v) is 11.7. The van der Waals surface area contributed by atoms with Crippen molar-refractivity contribution >= 4 is 21.7 Å². The molecule has 0 aliphatic carbocycles. The van der Waals surface area contributed by atoms with Crippen molar-refractivity contribution in [2.75, 3.05) is 18.4 Å². The monoisotopic (exact) mass is 437 g/mol. The second-order valence-electron chi connectivity index (χ2n) is 7.00. The zero-order valence-corrected chi connectivity index (χ0v) is 18.5. The van der Waals surface area contributed by atoms with Crippen molar-refractivity contribution in [3.63, 3.8) is 0 Å². The second-order valence-corrected chi connectivity index (χ2v) is 8.72. The molecule has 0 aromatic heterocycles. The average molecular weight is 438 g/mol. The molecule has 0 radical (unpaired) electrons. The maximum Gasteiger partial charge on any atom is 0.321 e. The molecule has 0 atom stereocenters. The van der Waals surface area contributed by atoms with Crippen molar-refractivity contribution < 1.29 is 13.2 Å². The van der Waals surface area contributed by atoms with E-state index in [0.29, 0.717) is 18.8 Å². The van der Waals surface area contributed by atoms with Gasteiger partial charge in [-0.1, -0.05) is 60.7 Å². The Hall–Kier alpha value is -3.16. The molecule has 2 amide bonds. The fourth-order valence-electron chi connectivity index (χ4n) is 3.27. The van der Waals surface area contributed by atoms with Crippen molar-refractivity contribution in [1.29, 1.82) is 0 Å². The van der Waals surface area contributed by atoms with E-state index < -0.39 is 16.1 Å². The predicted octanol–water partition coefficient (Wildman–Crippen LogP) is 4.63. The Balaban J connectivity index is 1.82. The Labute approximate surface area is 184 Å². The van der Waals surface area contributed by atoms with E-state index in [9.17, 15) is 13.2 Å². The molecular weight excluding hydrogens is 410 g/mol. The number of carbonyl (C=O) groups excluding carboxylic acids is 1. The van der Waals surface area contributed by atoms with E-state index in [1.807, 2.05) is 74.5 Å². The van der Waals surface area contributed by atoms with E-state index in [2.05, 4.69) is 10.0 Å². The first-order valence-electron chi connectivity index (χ1n) is 10.2. The van der Waals surface area contributed by atoms with Gasteiger partial charge in [-0.25, -0.2) is 13.2 Å². The smallest absolute Gasteiger partial charge is 0.321 e. The quantitative estimate of drug-likeness (QED) is 0.539. The first-order chi connectivity index (χ1) is 14.9. The maximum atomic E-state index is 13.1. The van der Waals surface area contributed by atoms with Crippen LogP contribution in [0.25, 0.3) is 0 Å². The van der Waals surface area contributed by atoms with Crippen LogP contribution in [0.15, 0.2) is 89.8 Å². The van der Waals surface area contributed by atoms with Gasteiger partial charge in [0.15, 0.2) is 0 Å². The van der Waals surface area contributed by atoms with Crippen LogP contribution in [0.1, 0.15) is 31.0 Å². The third kappa shape index (κ3) is 5.71. The highest BCUT2D eigenvalue weighted by molar-refractivity contribution is 7.89. The third-order valence-corrected chi connectivity index (χ3v) is 6.44. The number of nitrogens with zero attached hydrogens (tertiary/aromatic N) is 1. The van der Waals surface area contributed by atoms with Crippen molar-refractivity contribution in [1.82, 2.24) is 9.62 Å². The van der Waals surface area contributed by atoms with Crippen molar-refractivity contribution in [3.8, 4) is 0 Å². The fraction of sp³-hybridized carbons (Fsp3) is 0.208. The number of hydrogen-bond donors (Lipinski definition) is 2. The molecule has 3 aromatic carbocycles. The van der Waals surface area contributed by atoms with Crippen LogP contribution in [0.4, 0.5) is 10.5 Å². The summed E-state index contributed by atoms with van der Waals surface area (Å²) >= 11 is 0. The Morgan fingerprint density at radius 3 is 1.74 bits per heavy atom. The van der Waals surface area contributed by atoms with Gasteiger partial charge in [0.05, 0.1) is 10.9 Å². The summed E-state index contributed by atoms with van der Waals surface area (Å²) < 4.78 is 29.0. The van der Waals surface area contributed by atoms with Crippen molar-refractivity contribution in [3.05, 3.63) is 96.1 Å². The summed E-state index contributed by atoms with van der Waals surface area (Å²) in [6.07, 6.45) is 0. The number of sulfonamides is 1. The summed E-state index contributed by atoms with van der Waals surface area (Å²) in [7, 11) is -3.80. The molecule has 0 saturated carbocycles. The lowest BCUT2D eigenvalue weighted by atomic mass is 10.00. The minimum absolute atomic E-state index is 0.130. The lowest BCUT2D eigenvalue weighted by Crippen LogP contribution is -2.34. The molecule has 0 aliphatic rings. The highest BCUT2D eigenvalue weighted by Crippen LogP contribution is 2.25. The van der Waals surface area contributed by atoms with Crippen molar-refractivity contribution in [2.24, 2.45) is 0 Å². The number of anilines is 1. The van der Waals surface area contributed by atoms with Gasteiger partial charge in [-0.3, -0.25) is 0 Å². The topological polar surface area (TPSA) is 78.5 Å². The van der Waals surface area contributed by atoms with Crippen LogP contribution in [0.2, 0.25) is 0 Å². The Morgan fingerprint density at radius 2 is 1.29 bits per heavy atom. The molecule has 3 aromatic rings. The van der Waals surface area contributed by atoms with Gasteiger partial charge >= 0.3 is 6.03 Å². The SMILES string of the molecule is CCN(CC)C(=O)Nc1ccc(S(=O)(=O)NC(c2ccccc2)c2ccccc2)cc1. The van der Waals surface area contributed by atoms with E-state index in [0.717, 1.165) is 11.1 Å². The molecule has 0 heterocycles. The summed E-state index contributed by atoms with van der Waals surface area (Å²) in [5.41, 5.74) is 2.24. The molecule has 31 heavy (non-hydrogen) atoms. The number of amides is 2. The van der Waals surface area contributed by atoms with E-state index in [4.69, 9.17) is 0 Å². The molecule has 2 N–H and O–H groups in total.